The molecule has 0 bridgehead atoms. The predicted octanol–water partition coefficient (Wildman–Crippen LogP) is 3.30. The summed E-state index contributed by atoms with van der Waals surface area (Å²) in [5.74, 6) is -3.90. The van der Waals surface area contributed by atoms with Crippen LogP contribution in [-0.4, -0.2) is 44.5 Å². The van der Waals surface area contributed by atoms with Crippen LogP contribution < -0.4 is 10.2 Å². The molecule has 0 radical (unpaired) electrons. The highest BCUT2D eigenvalue weighted by molar-refractivity contribution is 8.15. The first kappa shape index (κ1) is 22.0. The second-order valence-electron chi connectivity index (χ2n) is 6.89. The summed E-state index contributed by atoms with van der Waals surface area (Å²) in [7, 11) is 0. The monoisotopic (exact) mass is 442 g/mol. The van der Waals surface area contributed by atoms with Crippen LogP contribution in [0.1, 0.15) is 38.3 Å². The van der Waals surface area contributed by atoms with Gasteiger partial charge in [-0.25, -0.2) is 14.5 Å². The Morgan fingerprint density at radius 3 is 2.42 bits per heavy atom. The fourth-order valence-corrected chi connectivity index (χ4v) is 4.10. The summed E-state index contributed by atoms with van der Waals surface area (Å²) in [6.45, 7) is 3.64. The zero-order chi connectivity index (χ0) is 22.9. The summed E-state index contributed by atoms with van der Waals surface area (Å²) in [4.78, 5) is 61.3. The third-order valence-electron chi connectivity index (χ3n) is 4.88. The third kappa shape index (κ3) is 4.43. The molecule has 0 aromatic heterocycles. The standard InChI is InChI=1S/C21H18N2O7S/c1-10-4-3-5-15(11(10)2)23-18(25)16(31-21(23)30)9-17(24)22-14-8-12(19(26)27)6-7-13(14)20(28)29/h3-8,16H,9H2,1-2H3,(H,22,24)(H,26,27)(H,28,29). The molecule has 0 aliphatic carbocycles. The number of amides is 3. The van der Waals surface area contributed by atoms with E-state index in [0.29, 0.717) is 17.4 Å². The Hall–Kier alpha value is -3.66. The molecule has 1 atom stereocenters. The highest BCUT2D eigenvalue weighted by atomic mass is 32.2. The number of nitrogens with zero attached hydrogens (tertiary/aromatic N) is 1. The summed E-state index contributed by atoms with van der Waals surface area (Å²) in [6, 6.07) is 8.44. The fourth-order valence-electron chi connectivity index (χ4n) is 3.12. The molecule has 10 heteroatoms. The average molecular weight is 442 g/mol. The van der Waals surface area contributed by atoms with Crippen LogP contribution in [0.4, 0.5) is 16.2 Å². The molecule has 160 valence electrons. The highest BCUT2D eigenvalue weighted by Crippen LogP contribution is 2.36. The van der Waals surface area contributed by atoms with E-state index in [0.717, 1.165) is 34.2 Å². The fraction of sp³-hybridized carbons (Fsp3) is 0.190. The number of aromatic carboxylic acids is 2. The van der Waals surface area contributed by atoms with Crippen LogP contribution in [0.3, 0.4) is 0 Å². The maximum atomic E-state index is 12.8. The van der Waals surface area contributed by atoms with E-state index in [2.05, 4.69) is 5.32 Å². The number of thioether (sulfide) groups is 1. The number of aryl methyl sites for hydroxylation is 1. The van der Waals surface area contributed by atoms with Crippen LogP contribution in [0.15, 0.2) is 36.4 Å². The quantitative estimate of drug-likeness (QED) is 0.619. The molecule has 9 nitrogen and oxygen atoms in total. The number of carbonyl (C=O) groups excluding carboxylic acids is 3. The van der Waals surface area contributed by atoms with Crippen molar-refractivity contribution in [2.45, 2.75) is 25.5 Å². The molecular formula is C21H18N2O7S. The molecule has 1 fully saturated rings. The zero-order valence-electron chi connectivity index (χ0n) is 16.5. The lowest BCUT2D eigenvalue weighted by atomic mass is 10.1. The topological polar surface area (TPSA) is 141 Å². The van der Waals surface area contributed by atoms with Crippen LogP contribution in [0.25, 0.3) is 0 Å². The minimum atomic E-state index is -1.35. The molecule has 1 unspecified atom stereocenters. The first-order valence-electron chi connectivity index (χ1n) is 9.11. The summed E-state index contributed by atoms with van der Waals surface area (Å²) in [5.41, 5.74) is 1.42. The molecule has 1 saturated heterocycles. The van der Waals surface area contributed by atoms with Gasteiger partial charge in [-0.3, -0.25) is 14.4 Å². The lowest BCUT2D eigenvalue weighted by Gasteiger charge is -2.17. The predicted molar refractivity (Wildman–Crippen MR) is 114 cm³/mol. The number of hydrogen-bond donors (Lipinski definition) is 3. The minimum Gasteiger partial charge on any atom is -0.478 e. The second-order valence-corrected chi connectivity index (χ2v) is 8.04. The van der Waals surface area contributed by atoms with Crippen molar-refractivity contribution in [3.05, 3.63) is 58.7 Å². The van der Waals surface area contributed by atoms with Crippen molar-refractivity contribution in [2.24, 2.45) is 0 Å². The van der Waals surface area contributed by atoms with Gasteiger partial charge in [0.05, 0.1) is 22.5 Å². The smallest absolute Gasteiger partial charge is 0.337 e. The molecule has 1 aliphatic heterocycles. The van der Waals surface area contributed by atoms with Crippen molar-refractivity contribution >= 4 is 52.1 Å². The van der Waals surface area contributed by atoms with Crippen LogP contribution in [-0.2, 0) is 9.59 Å². The average Bonchev–Trinajstić information content (AvgIpc) is 2.96. The Morgan fingerprint density at radius 1 is 1.06 bits per heavy atom. The van der Waals surface area contributed by atoms with Crippen molar-refractivity contribution in [2.75, 3.05) is 10.2 Å². The first-order chi connectivity index (χ1) is 14.6. The van der Waals surface area contributed by atoms with Gasteiger partial charge in [-0.15, -0.1) is 0 Å². The minimum absolute atomic E-state index is 0.203. The van der Waals surface area contributed by atoms with Crippen LogP contribution >= 0.6 is 11.8 Å². The summed E-state index contributed by atoms with van der Waals surface area (Å²) < 4.78 is 0. The third-order valence-corrected chi connectivity index (χ3v) is 5.92. The van der Waals surface area contributed by atoms with Crippen LogP contribution in [0.2, 0.25) is 0 Å². The SMILES string of the molecule is Cc1cccc(N2C(=O)SC(CC(=O)Nc3cc(C(=O)O)ccc3C(=O)O)C2=O)c1C. The molecule has 3 N–H and O–H groups in total. The van der Waals surface area contributed by atoms with Gasteiger partial charge in [-0.1, -0.05) is 12.1 Å². The van der Waals surface area contributed by atoms with E-state index in [1.54, 1.807) is 19.1 Å². The largest absolute Gasteiger partial charge is 0.478 e. The molecule has 3 rings (SSSR count). The highest BCUT2D eigenvalue weighted by Gasteiger charge is 2.42. The summed E-state index contributed by atoms with van der Waals surface area (Å²) >= 11 is 0.715. The van der Waals surface area contributed by atoms with Crippen molar-refractivity contribution < 1.29 is 34.2 Å². The van der Waals surface area contributed by atoms with Crippen LogP contribution in [0.5, 0.6) is 0 Å². The van der Waals surface area contributed by atoms with Crippen molar-refractivity contribution in [3.63, 3.8) is 0 Å². The van der Waals surface area contributed by atoms with Crippen LogP contribution in [0, 0.1) is 13.8 Å². The number of nitrogens with one attached hydrogen (secondary N) is 1. The number of benzene rings is 2. The molecular weight excluding hydrogens is 424 g/mol. The van der Waals surface area contributed by atoms with Gasteiger partial charge in [-0.2, -0.15) is 0 Å². The van der Waals surface area contributed by atoms with E-state index >= 15 is 0 Å². The van der Waals surface area contributed by atoms with E-state index in [1.165, 1.54) is 0 Å². The number of carboxylic acids is 2. The van der Waals surface area contributed by atoms with E-state index in [9.17, 15) is 29.1 Å². The molecule has 3 amide bonds. The number of carbonyl (C=O) groups is 5. The molecule has 0 saturated carbocycles. The van der Waals surface area contributed by atoms with Crippen molar-refractivity contribution in [1.82, 2.24) is 0 Å². The normalized spacial score (nSPS) is 15.8. The second kappa shape index (κ2) is 8.60. The van der Waals surface area contributed by atoms with Gasteiger partial charge in [0.2, 0.25) is 11.8 Å². The van der Waals surface area contributed by atoms with Gasteiger partial charge in [-0.05, 0) is 61.0 Å². The molecule has 31 heavy (non-hydrogen) atoms. The van der Waals surface area contributed by atoms with Gasteiger partial charge < -0.3 is 15.5 Å². The summed E-state index contributed by atoms with van der Waals surface area (Å²) in [5, 5.41) is 19.2. The maximum Gasteiger partial charge on any atom is 0.337 e. The molecule has 1 heterocycles. The number of carboxylic acid groups (broad SMARTS) is 2. The van der Waals surface area contributed by atoms with Crippen molar-refractivity contribution in [1.29, 1.82) is 0 Å². The van der Waals surface area contributed by atoms with Gasteiger partial charge in [0, 0.05) is 6.42 Å². The van der Waals surface area contributed by atoms with Gasteiger partial charge >= 0.3 is 11.9 Å². The van der Waals surface area contributed by atoms with E-state index in [4.69, 9.17) is 5.11 Å². The molecule has 2 aromatic carbocycles. The van der Waals surface area contributed by atoms with Gasteiger partial charge in [0.25, 0.3) is 5.24 Å². The number of imide groups is 1. The molecule has 2 aromatic rings. The Bertz CT molecular complexity index is 1130. The molecule has 0 spiro atoms. The molecule has 1 aliphatic rings. The Kier molecular flexibility index (Phi) is 6.11. The Morgan fingerprint density at radius 2 is 1.77 bits per heavy atom. The Labute approximate surface area is 181 Å². The van der Waals surface area contributed by atoms with Gasteiger partial charge in [0.1, 0.15) is 5.25 Å². The first-order valence-corrected chi connectivity index (χ1v) is 9.99. The van der Waals surface area contributed by atoms with E-state index < -0.39 is 34.2 Å². The number of rotatable bonds is 6. The number of hydrogen-bond acceptors (Lipinski definition) is 6. The van der Waals surface area contributed by atoms with E-state index in [-0.39, 0.29) is 23.2 Å². The lowest BCUT2D eigenvalue weighted by Crippen LogP contribution is -2.33. The Balaban J connectivity index is 1.79. The summed E-state index contributed by atoms with van der Waals surface area (Å²) in [6.07, 6.45) is -0.382. The lowest BCUT2D eigenvalue weighted by molar-refractivity contribution is -0.121. The van der Waals surface area contributed by atoms with Crippen molar-refractivity contribution in [3.8, 4) is 0 Å². The zero-order valence-corrected chi connectivity index (χ0v) is 17.4. The maximum absolute atomic E-state index is 12.8. The number of anilines is 2. The van der Waals surface area contributed by atoms with E-state index in [1.807, 2.05) is 13.0 Å². The van der Waals surface area contributed by atoms with Gasteiger partial charge in [0.15, 0.2) is 0 Å².